The number of carbonyl (C=O) groups excluding carboxylic acids is 2. The van der Waals surface area contributed by atoms with Crippen LogP contribution in [-0.2, 0) is 26.2 Å². The van der Waals surface area contributed by atoms with Gasteiger partial charge in [-0.15, -0.1) is 0 Å². The van der Waals surface area contributed by atoms with E-state index in [2.05, 4.69) is 5.32 Å². The van der Waals surface area contributed by atoms with E-state index in [-0.39, 0.29) is 33.1 Å². The van der Waals surface area contributed by atoms with Crippen LogP contribution in [0.25, 0.3) is 0 Å². The van der Waals surface area contributed by atoms with E-state index in [9.17, 15) is 18.0 Å². The number of rotatable bonds is 12. The second-order valence-electron chi connectivity index (χ2n) is 8.83. The molecule has 0 bridgehead atoms. The van der Waals surface area contributed by atoms with E-state index >= 15 is 0 Å². The smallest absolute Gasteiger partial charge is 0.264 e. The van der Waals surface area contributed by atoms with Crippen LogP contribution in [0.3, 0.4) is 0 Å². The summed E-state index contributed by atoms with van der Waals surface area (Å²) in [6.07, 6.45) is 1.68. The molecule has 1 N–H and O–H groups in total. The third-order valence-corrected chi connectivity index (χ3v) is 9.06. The molecule has 0 saturated heterocycles. The summed E-state index contributed by atoms with van der Waals surface area (Å²) in [7, 11) is -4.25. The Morgan fingerprint density at radius 3 is 2.21 bits per heavy atom. The molecule has 3 aromatic rings. The zero-order valence-corrected chi connectivity index (χ0v) is 24.7. The molecule has 0 saturated carbocycles. The van der Waals surface area contributed by atoms with Gasteiger partial charge in [-0.05, 0) is 49.2 Å². The molecule has 39 heavy (non-hydrogen) atoms. The minimum Gasteiger partial charge on any atom is -0.354 e. The number of unbranched alkanes of at least 4 members (excludes halogenated alkanes) is 1. The van der Waals surface area contributed by atoms with Crippen molar-refractivity contribution >= 4 is 62.3 Å². The number of hydrogen-bond donors (Lipinski definition) is 1. The Hall–Kier alpha value is -2.78. The van der Waals surface area contributed by atoms with E-state index in [1.807, 2.05) is 6.92 Å². The molecule has 11 heteroatoms. The van der Waals surface area contributed by atoms with Crippen LogP contribution in [0.5, 0.6) is 0 Å². The largest absolute Gasteiger partial charge is 0.354 e. The molecule has 1 atom stereocenters. The number of anilines is 1. The Morgan fingerprint density at radius 2 is 1.54 bits per heavy atom. The van der Waals surface area contributed by atoms with E-state index in [0.29, 0.717) is 17.1 Å². The number of nitrogens with one attached hydrogen (secondary N) is 1. The number of hydrogen-bond acceptors (Lipinski definition) is 4. The predicted octanol–water partition coefficient (Wildman–Crippen LogP) is 6.18. The Kier molecular flexibility index (Phi) is 11.1. The van der Waals surface area contributed by atoms with Gasteiger partial charge in [-0.1, -0.05) is 90.6 Å². The van der Waals surface area contributed by atoms with E-state index in [1.54, 1.807) is 55.5 Å². The Balaban J connectivity index is 2.04. The monoisotopic (exact) mass is 609 g/mol. The SMILES string of the molecule is CCCCNC(=O)[C@H](C)N(Cc1ccccc1Cl)C(=O)CN(c1cccc(Cl)c1Cl)S(=O)(=O)c1ccccc1. The average Bonchev–Trinajstić information content (AvgIpc) is 2.93. The fourth-order valence-corrected chi connectivity index (χ4v) is 5.94. The van der Waals surface area contributed by atoms with Gasteiger partial charge in [0.15, 0.2) is 0 Å². The van der Waals surface area contributed by atoms with Gasteiger partial charge < -0.3 is 10.2 Å². The maximum atomic E-state index is 13.9. The molecule has 0 aliphatic heterocycles. The molecule has 0 fully saturated rings. The zero-order valence-electron chi connectivity index (χ0n) is 21.6. The molecule has 208 valence electrons. The molecular formula is C28H30Cl3N3O4S. The lowest BCUT2D eigenvalue weighted by Gasteiger charge is -2.32. The zero-order chi connectivity index (χ0) is 28.6. The number of sulfonamides is 1. The Bertz CT molecular complexity index is 1400. The van der Waals surface area contributed by atoms with E-state index < -0.39 is 28.5 Å². The van der Waals surface area contributed by atoms with Crippen molar-refractivity contribution in [1.82, 2.24) is 10.2 Å². The van der Waals surface area contributed by atoms with Crippen LogP contribution in [0.15, 0.2) is 77.7 Å². The topological polar surface area (TPSA) is 86.8 Å². The number of carbonyl (C=O) groups is 2. The fourth-order valence-electron chi connectivity index (χ4n) is 3.85. The van der Waals surface area contributed by atoms with Gasteiger partial charge in [-0.25, -0.2) is 8.42 Å². The van der Waals surface area contributed by atoms with Gasteiger partial charge in [0.25, 0.3) is 10.0 Å². The van der Waals surface area contributed by atoms with E-state index in [1.165, 1.54) is 29.2 Å². The lowest BCUT2D eigenvalue weighted by atomic mass is 10.1. The summed E-state index contributed by atoms with van der Waals surface area (Å²) in [6.45, 7) is 3.42. The van der Waals surface area contributed by atoms with Crippen LogP contribution in [0.2, 0.25) is 15.1 Å². The molecule has 3 aromatic carbocycles. The normalized spacial score (nSPS) is 12.0. The predicted molar refractivity (Wildman–Crippen MR) is 157 cm³/mol. The second-order valence-corrected chi connectivity index (χ2v) is 11.9. The molecule has 0 heterocycles. The van der Waals surface area contributed by atoms with Crippen LogP contribution >= 0.6 is 34.8 Å². The maximum absolute atomic E-state index is 13.9. The average molecular weight is 611 g/mol. The summed E-state index contributed by atoms with van der Waals surface area (Å²) in [5.41, 5.74) is 0.651. The second kappa shape index (κ2) is 14.0. The summed E-state index contributed by atoms with van der Waals surface area (Å²) in [5.74, 6) is -0.981. The standard InChI is InChI=1S/C28H30Cl3N3O4S/c1-3-4-17-32-28(36)20(2)33(18-21-11-8-9-14-23(21)29)26(35)19-34(25-16-10-15-24(30)27(25)31)39(37,38)22-12-6-5-7-13-22/h5-16,20H,3-4,17-19H2,1-2H3,(H,32,36)/t20-/m0/s1. The quantitative estimate of drug-likeness (QED) is 0.248. The third-order valence-electron chi connectivity index (χ3n) is 6.11. The third kappa shape index (κ3) is 7.66. The van der Waals surface area contributed by atoms with Gasteiger partial charge in [0.2, 0.25) is 11.8 Å². The van der Waals surface area contributed by atoms with Crippen LogP contribution in [0.4, 0.5) is 5.69 Å². The van der Waals surface area contributed by atoms with Crippen LogP contribution < -0.4 is 9.62 Å². The van der Waals surface area contributed by atoms with Gasteiger partial charge in [-0.3, -0.25) is 13.9 Å². The minimum absolute atomic E-state index is 0.0105. The molecular weight excluding hydrogens is 581 g/mol. The highest BCUT2D eigenvalue weighted by atomic mass is 35.5. The van der Waals surface area contributed by atoms with Crippen molar-refractivity contribution < 1.29 is 18.0 Å². The number of nitrogens with zero attached hydrogens (tertiary/aromatic N) is 2. The van der Waals surface area contributed by atoms with Crippen molar-refractivity contribution in [3.05, 3.63) is 93.4 Å². The first-order valence-electron chi connectivity index (χ1n) is 12.4. The maximum Gasteiger partial charge on any atom is 0.264 e. The van der Waals surface area contributed by atoms with Crippen molar-refractivity contribution in [2.45, 2.75) is 44.2 Å². The first kappa shape index (κ1) is 30.8. The summed E-state index contributed by atoms with van der Waals surface area (Å²) < 4.78 is 28.5. The van der Waals surface area contributed by atoms with Crippen molar-refractivity contribution in [3.8, 4) is 0 Å². The van der Waals surface area contributed by atoms with Gasteiger partial charge in [0.1, 0.15) is 12.6 Å². The molecule has 0 aliphatic carbocycles. The van der Waals surface area contributed by atoms with Crippen LogP contribution in [-0.4, -0.2) is 44.3 Å². The molecule has 0 aromatic heterocycles. The molecule has 7 nitrogen and oxygen atoms in total. The number of amides is 2. The van der Waals surface area contributed by atoms with Gasteiger partial charge in [0, 0.05) is 18.1 Å². The highest BCUT2D eigenvalue weighted by Gasteiger charge is 2.33. The van der Waals surface area contributed by atoms with Crippen molar-refractivity contribution in [3.63, 3.8) is 0 Å². The van der Waals surface area contributed by atoms with Crippen LogP contribution in [0, 0.1) is 0 Å². The van der Waals surface area contributed by atoms with Gasteiger partial charge >= 0.3 is 0 Å². The van der Waals surface area contributed by atoms with E-state index in [0.717, 1.165) is 17.1 Å². The highest BCUT2D eigenvalue weighted by molar-refractivity contribution is 7.92. The van der Waals surface area contributed by atoms with Crippen LogP contribution in [0.1, 0.15) is 32.3 Å². The van der Waals surface area contributed by atoms with Crippen molar-refractivity contribution in [2.24, 2.45) is 0 Å². The molecule has 0 spiro atoms. The number of halogens is 3. The molecule has 0 radical (unpaired) electrons. The summed E-state index contributed by atoms with van der Waals surface area (Å²) >= 11 is 19.0. The number of benzene rings is 3. The summed E-state index contributed by atoms with van der Waals surface area (Å²) in [6, 6.07) is 18.3. The minimum atomic E-state index is -4.25. The highest BCUT2D eigenvalue weighted by Crippen LogP contribution is 2.35. The van der Waals surface area contributed by atoms with Gasteiger partial charge in [0.05, 0.1) is 20.6 Å². The van der Waals surface area contributed by atoms with Crippen molar-refractivity contribution in [2.75, 3.05) is 17.4 Å². The summed E-state index contributed by atoms with van der Waals surface area (Å²) in [4.78, 5) is 28.2. The first-order chi connectivity index (χ1) is 18.6. The Morgan fingerprint density at radius 1 is 0.897 bits per heavy atom. The molecule has 0 aliphatic rings. The fraction of sp³-hybridized carbons (Fsp3) is 0.286. The van der Waals surface area contributed by atoms with Crippen molar-refractivity contribution in [1.29, 1.82) is 0 Å². The summed E-state index contributed by atoms with van der Waals surface area (Å²) in [5, 5.41) is 3.37. The molecule has 0 unspecified atom stereocenters. The van der Waals surface area contributed by atoms with Gasteiger partial charge in [-0.2, -0.15) is 0 Å². The lowest BCUT2D eigenvalue weighted by Crippen LogP contribution is -2.51. The van der Waals surface area contributed by atoms with E-state index in [4.69, 9.17) is 34.8 Å². The Labute approximate surface area is 244 Å². The molecule has 2 amide bonds. The molecule has 3 rings (SSSR count). The lowest BCUT2D eigenvalue weighted by molar-refractivity contribution is -0.139. The first-order valence-corrected chi connectivity index (χ1v) is 15.0.